The van der Waals surface area contributed by atoms with E-state index in [0.717, 1.165) is 17.4 Å². The van der Waals surface area contributed by atoms with E-state index < -0.39 is 0 Å². The molecule has 1 atom stereocenters. The molecule has 0 nitrogen and oxygen atoms in total. The molecule has 0 spiro atoms. The summed E-state index contributed by atoms with van der Waals surface area (Å²) in [5, 5.41) is 0.838. The standard InChI is InChI=1S/C10H17Cl/c1-4-9(2)7-5-6-8-10(3)11/h5-6,8-9H,4,7H2,1-3H3. The fraction of sp³-hybridized carbons (Fsp3) is 0.600. The van der Waals surface area contributed by atoms with Crippen molar-refractivity contribution in [2.75, 3.05) is 0 Å². The molecule has 1 heteroatoms. The predicted molar refractivity (Wildman–Crippen MR) is 52.8 cm³/mol. The van der Waals surface area contributed by atoms with Gasteiger partial charge in [0.15, 0.2) is 0 Å². The Hall–Kier alpha value is -0.230. The summed E-state index contributed by atoms with van der Waals surface area (Å²) in [6.07, 6.45) is 8.50. The lowest BCUT2D eigenvalue weighted by molar-refractivity contribution is 0.572. The maximum atomic E-state index is 5.64. The van der Waals surface area contributed by atoms with Crippen molar-refractivity contribution in [2.24, 2.45) is 5.92 Å². The van der Waals surface area contributed by atoms with Crippen molar-refractivity contribution < 1.29 is 0 Å². The van der Waals surface area contributed by atoms with Crippen LogP contribution in [0, 0.1) is 5.92 Å². The molecule has 0 saturated carbocycles. The third-order valence-electron chi connectivity index (χ3n) is 1.70. The van der Waals surface area contributed by atoms with E-state index in [9.17, 15) is 0 Å². The zero-order chi connectivity index (χ0) is 8.69. The summed E-state index contributed by atoms with van der Waals surface area (Å²) in [5.74, 6) is 0.787. The molecule has 0 aromatic carbocycles. The molecule has 0 aliphatic heterocycles. The zero-order valence-corrected chi connectivity index (χ0v) is 8.36. The Morgan fingerprint density at radius 3 is 2.64 bits per heavy atom. The van der Waals surface area contributed by atoms with Crippen LogP contribution in [-0.2, 0) is 0 Å². The van der Waals surface area contributed by atoms with E-state index in [4.69, 9.17) is 11.6 Å². The maximum Gasteiger partial charge on any atom is 0.0149 e. The first-order chi connectivity index (χ1) is 5.16. The molecule has 0 aromatic heterocycles. The number of halogens is 1. The second-order valence-corrected chi connectivity index (χ2v) is 3.53. The van der Waals surface area contributed by atoms with Crippen molar-refractivity contribution in [1.82, 2.24) is 0 Å². The van der Waals surface area contributed by atoms with Gasteiger partial charge in [-0.25, -0.2) is 0 Å². The van der Waals surface area contributed by atoms with E-state index in [1.807, 2.05) is 19.1 Å². The molecule has 0 radical (unpaired) electrons. The van der Waals surface area contributed by atoms with Gasteiger partial charge >= 0.3 is 0 Å². The number of allylic oxidation sites excluding steroid dienone is 4. The van der Waals surface area contributed by atoms with Gasteiger partial charge in [-0.15, -0.1) is 0 Å². The molecule has 0 aliphatic carbocycles. The average Bonchev–Trinajstić information content (AvgIpc) is 1.97. The minimum atomic E-state index is 0.787. The van der Waals surface area contributed by atoms with Gasteiger partial charge in [-0.2, -0.15) is 0 Å². The fourth-order valence-corrected chi connectivity index (χ4v) is 0.751. The van der Waals surface area contributed by atoms with Crippen molar-refractivity contribution in [3.63, 3.8) is 0 Å². The van der Waals surface area contributed by atoms with Crippen LogP contribution in [0.4, 0.5) is 0 Å². The topological polar surface area (TPSA) is 0 Å². The largest absolute Gasteiger partial charge is 0.0895 e. The number of hydrogen-bond donors (Lipinski definition) is 0. The van der Waals surface area contributed by atoms with Gasteiger partial charge in [0, 0.05) is 5.03 Å². The molecule has 0 amide bonds. The molecular weight excluding hydrogens is 156 g/mol. The molecule has 0 aliphatic rings. The quantitative estimate of drug-likeness (QED) is 0.560. The Balaban J connectivity index is 3.52. The summed E-state index contributed by atoms with van der Waals surface area (Å²) >= 11 is 5.64. The molecule has 64 valence electrons. The van der Waals surface area contributed by atoms with Crippen LogP contribution < -0.4 is 0 Å². The highest BCUT2D eigenvalue weighted by Gasteiger charge is 1.92. The van der Waals surface area contributed by atoms with Gasteiger partial charge in [-0.3, -0.25) is 0 Å². The van der Waals surface area contributed by atoms with Gasteiger partial charge < -0.3 is 0 Å². The predicted octanol–water partition coefficient (Wildman–Crippen LogP) is 4.12. The van der Waals surface area contributed by atoms with E-state index in [0.29, 0.717) is 0 Å². The highest BCUT2D eigenvalue weighted by Crippen LogP contribution is 2.07. The Labute approximate surface area is 74.9 Å². The van der Waals surface area contributed by atoms with Crippen LogP contribution in [0.1, 0.15) is 33.6 Å². The summed E-state index contributed by atoms with van der Waals surface area (Å²) in [4.78, 5) is 0. The molecular formula is C10H17Cl. The molecule has 1 unspecified atom stereocenters. The van der Waals surface area contributed by atoms with Gasteiger partial charge in [0.05, 0.1) is 0 Å². The SMILES string of the molecule is CCC(C)CC=CC=C(C)Cl. The van der Waals surface area contributed by atoms with E-state index in [1.54, 1.807) is 0 Å². The van der Waals surface area contributed by atoms with Gasteiger partial charge in [-0.1, -0.05) is 44.0 Å². The van der Waals surface area contributed by atoms with Crippen LogP contribution in [0.5, 0.6) is 0 Å². The summed E-state index contributed by atoms with van der Waals surface area (Å²) in [6.45, 7) is 6.35. The van der Waals surface area contributed by atoms with Crippen molar-refractivity contribution in [1.29, 1.82) is 0 Å². The Bertz CT molecular complexity index is 141. The monoisotopic (exact) mass is 172 g/mol. The molecule has 0 heterocycles. The van der Waals surface area contributed by atoms with E-state index in [1.165, 1.54) is 6.42 Å². The normalized spacial score (nSPS) is 15.8. The van der Waals surface area contributed by atoms with E-state index in [2.05, 4.69) is 19.9 Å². The summed E-state index contributed by atoms with van der Waals surface area (Å²) in [5.41, 5.74) is 0. The zero-order valence-electron chi connectivity index (χ0n) is 7.60. The van der Waals surface area contributed by atoms with E-state index in [-0.39, 0.29) is 0 Å². The molecule has 0 saturated heterocycles. The third kappa shape index (κ3) is 7.67. The number of hydrogen-bond acceptors (Lipinski definition) is 0. The van der Waals surface area contributed by atoms with Gasteiger partial charge in [0.2, 0.25) is 0 Å². The van der Waals surface area contributed by atoms with Crippen molar-refractivity contribution in [3.05, 3.63) is 23.3 Å². The van der Waals surface area contributed by atoms with Crippen molar-refractivity contribution in [2.45, 2.75) is 33.6 Å². The van der Waals surface area contributed by atoms with Crippen LogP contribution in [0.25, 0.3) is 0 Å². The second-order valence-electron chi connectivity index (χ2n) is 2.93. The summed E-state index contributed by atoms with van der Waals surface area (Å²) in [7, 11) is 0. The minimum absolute atomic E-state index is 0.787. The molecule has 11 heavy (non-hydrogen) atoms. The fourth-order valence-electron chi connectivity index (χ4n) is 0.678. The molecule has 0 fully saturated rings. The van der Waals surface area contributed by atoms with Gasteiger partial charge in [0.1, 0.15) is 0 Å². The lowest BCUT2D eigenvalue weighted by atomic mass is 10.1. The van der Waals surface area contributed by atoms with Crippen LogP contribution >= 0.6 is 11.6 Å². The first-order valence-electron chi connectivity index (χ1n) is 4.15. The summed E-state index contributed by atoms with van der Waals surface area (Å²) < 4.78 is 0. The van der Waals surface area contributed by atoms with Crippen LogP contribution in [0.15, 0.2) is 23.3 Å². The second kappa shape index (κ2) is 6.48. The smallest absolute Gasteiger partial charge is 0.0149 e. The molecule has 0 N–H and O–H groups in total. The maximum absolute atomic E-state index is 5.64. The average molecular weight is 173 g/mol. The van der Waals surface area contributed by atoms with Crippen LogP contribution in [0.3, 0.4) is 0 Å². The van der Waals surface area contributed by atoms with Gasteiger partial charge in [0.25, 0.3) is 0 Å². The van der Waals surface area contributed by atoms with Crippen LogP contribution in [-0.4, -0.2) is 0 Å². The highest BCUT2D eigenvalue weighted by molar-refractivity contribution is 6.29. The Morgan fingerprint density at radius 2 is 2.18 bits per heavy atom. The lowest BCUT2D eigenvalue weighted by Gasteiger charge is -2.01. The molecule has 0 rings (SSSR count). The molecule has 0 aromatic rings. The van der Waals surface area contributed by atoms with Gasteiger partial charge in [-0.05, 0) is 25.3 Å². The molecule has 0 bridgehead atoms. The van der Waals surface area contributed by atoms with Crippen molar-refractivity contribution >= 4 is 11.6 Å². The Kier molecular flexibility index (Phi) is 6.34. The third-order valence-corrected chi connectivity index (χ3v) is 1.82. The van der Waals surface area contributed by atoms with Crippen molar-refractivity contribution in [3.8, 4) is 0 Å². The highest BCUT2D eigenvalue weighted by atomic mass is 35.5. The first kappa shape index (κ1) is 10.8. The van der Waals surface area contributed by atoms with Crippen LogP contribution in [0.2, 0.25) is 0 Å². The Morgan fingerprint density at radius 1 is 1.55 bits per heavy atom. The van der Waals surface area contributed by atoms with E-state index >= 15 is 0 Å². The summed E-state index contributed by atoms with van der Waals surface area (Å²) in [6, 6.07) is 0. The first-order valence-corrected chi connectivity index (χ1v) is 4.53. The lowest BCUT2D eigenvalue weighted by Crippen LogP contribution is -1.87. The number of rotatable bonds is 4. The minimum Gasteiger partial charge on any atom is -0.0895 e.